The lowest BCUT2D eigenvalue weighted by atomic mass is 10.1. The molecule has 0 radical (unpaired) electrons. The summed E-state index contributed by atoms with van der Waals surface area (Å²) >= 11 is 0. The summed E-state index contributed by atoms with van der Waals surface area (Å²) in [5, 5.41) is 17.8. The smallest absolute Gasteiger partial charge is 0.330 e. The molecule has 0 atom stereocenters. The maximum absolute atomic E-state index is 10.7. The minimum atomic E-state index is -0.718. The van der Waals surface area contributed by atoms with Gasteiger partial charge in [-0.2, -0.15) is 0 Å². The molecule has 0 amide bonds. The van der Waals surface area contributed by atoms with E-state index in [4.69, 9.17) is 14.9 Å². The third kappa shape index (κ3) is 3.02. The lowest BCUT2D eigenvalue weighted by molar-refractivity contribution is -0.137. The van der Waals surface area contributed by atoms with E-state index in [1.807, 2.05) is 0 Å². The molecular weight excluding hydrogens is 196 g/mol. The van der Waals surface area contributed by atoms with Crippen molar-refractivity contribution in [2.75, 3.05) is 6.61 Å². The van der Waals surface area contributed by atoms with Crippen LogP contribution in [0.4, 0.5) is 0 Å². The van der Waals surface area contributed by atoms with Crippen LogP contribution in [0.25, 0.3) is 0 Å². The van der Waals surface area contributed by atoms with Crippen LogP contribution in [0, 0.1) is 0 Å². The van der Waals surface area contributed by atoms with Crippen molar-refractivity contribution < 1.29 is 19.7 Å². The Balaban J connectivity index is 2.45. The van der Waals surface area contributed by atoms with Gasteiger partial charge in [0.2, 0.25) is 0 Å². The number of hydrogen-bond acceptors (Lipinski definition) is 4. The molecule has 15 heavy (non-hydrogen) atoms. The van der Waals surface area contributed by atoms with Crippen LogP contribution in [0.15, 0.2) is 48.0 Å². The Kier molecular flexibility index (Phi) is 3.74. The summed E-state index contributed by atoms with van der Waals surface area (Å²) in [5.74, 6) is -1.20. The highest BCUT2D eigenvalue weighted by Gasteiger charge is 2.12. The monoisotopic (exact) mass is 208 g/mol. The number of ether oxygens (including phenoxy) is 1. The molecule has 1 aliphatic carbocycles. The van der Waals surface area contributed by atoms with Crippen LogP contribution in [0.1, 0.15) is 6.42 Å². The summed E-state index contributed by atoms with van der Waals surface area (Å²) in [6, 6.07) is 0. The van der Waals surface area contributed by atoms with Gasteiger partial charge in [0.1, 0.15) is 0 Å². The summed E-state index contributed by atoms with van der Waals surface area (Å²) in [6.07, 6.45) is 6.55. The number of aliphatic hydroxyl groups is 2. The normalized spacial score (nSPS) is 13.6. The molecule has 0 aromatic carbocycles. The number of hydrogen-bond donors (Lipinski definition) is 2. The molecule has 80 valence electrons. The molecule has 0 unspecified atom stereocenters. The summed E-state index contributed by atoms with van der Waals surface area (Å²) in [6.45, 7) is 3.45. The van der Waals surface area contributed by atoms with Crippen LogP contribution in [0.2, 0.25) is 0 Å². The standard InChI is InChI=1S/C11H12O4/c1-2-10(12)15-7-6-8-4-3-5-9(8)11(13)14/h2-5,13-14H,1,6-7H2. The van der Waals surface area contributed by atoms with E-state index >= 15 is 0 Å². The molecule has 4 nitrogen and oxygen atoms in total. The van der Waals surface area contributed by atoms with Gasteiger partial charge in [-0.25, -0.2) is 4.79 Å². The zero-order chi connectivity index (χ0) is 11.3. The highest BCUT2D eigenvalue weighted by atomic mass is 16.5. The van der Waals surface area contributed by atoms with Crippen LogP contribution >= 0.6 is 0 Å². The lowest BCUT2D eigenvalue weighted by Gasteiger charge is -2.05. The maximum Gasteiger partial charge on any atom is 0.330 e. The average molecular weight is 208 g/mol. The van der Waals surface area contributed by atoms with Crippen LogP contribution < -0.4 is 0 Å². The van der Waals surface area contributed by atoms with Crippen LogP contribution in [-0.4, -0.2) is 22.8 Å². The molecule has 0 heterocycles. The van der Waals surface area contributed by atoms with Gasteiger partial charge >= 0.3 is 5.97 Å². The number of esters is 1. The van der Waals surface area contributed by atoms with Crippen LogP contribution in [-0.2, 0) is 9.53 Å². The average Bonchev–Trinajstić information content (AvgIpc) is 2.65. The quantitative estimate of drug-likeness (QED) is 0.421. The van der Waals surface area contributed by atoms with E-state index in [-0.39, 0.29) is 6.61 Å². The van der Waals surface area contributed by atoms with E-state index in [1.165, 1.54) is 0 Å². The summed E-state index contributed by atoms with van der Waals surface area (Å²) < 4.78 is 4.77. The molecule has 1 aliphatic rings. The Morgan fingerprint density at radius 1 is 1.53 bits per heavy atom. The van der Waals surface area contributed by atoms with Gasteiger partial charge in [0, 0.05) is 12.5 Å². The van der Waals surface area contributed by atoms with Gasteiger partial charge in [0.25, 0.3) is 5.95 Å². The Bertz CT molecular complexity index is 357. The molecule has 0 aliphatic heterocycles. The lowest BCUT2D eigenvalue weighted by Crippen LogP contribution is -2.03. The molecular formula is C11H12O4. The highest BCUT2D eigenvalue weighted by Crippen LogP contribution is 2.22. The molecule has 0 saturated heterocycles. The molecule has 0 spiro atoms. The van der Waals surface area contributed by atoms with E-state index in [9.17, 15) is 4.79 Å². The predicted molar refractivity (Wildman–Crippen MR) is 55.3 cm³/mol. The number of allylic oxidation sites excluding steroid dienone is 4. The van der Waals surface area contributed by atoms with Crippen molar-refractivity contribution in [3.05, 3.63) is 48.0 Å². The van der Waals surface area contributed by atoms with Crippen LogP contribution in [0.3, 0.4) is 0 Å². The Labute approximate surface area is 87.5 Å². The number of aliphatic hydroxyl groups excluding tert-OH is 1. The molecule has 0 saturated carbocycles. The predicted octanol–water partition coefficient (Wildman–Crippen LogP) is 1.93. The molecule has 0 fully saturated rings. The second-order valence-electron chi connectivity index (χ2n) is 2.91. The van der Waals surface area contributed by atoms with Crippen molar-refractivity contribution in [2.45, 2.75) is 6.42 Å². The van der Waals surface area contributed by atoms with Gasteiger partial charge in [0.15, 0.2) is 0 Å². The minimum Gasteiger partial charge on any atom is -0.481 e. The van der Waals surface area contributed by atoms with E-state index in [1.54, 1.807) is 18.2 Å². The fourth-order valence-corrected chi connectivity index (χ4v) is 1.21. The van der Waals surface area contributed by atoms with Crippen molar-refractivity contribution in [3.63, 3.8) is 0 Å². The molecule has 0 bridgehead atoms. The zero-order valence-corrected chi connectivity index (χ0v) is 8.14. The largest absolute Gasteiger partial charge is 0.481 e. The van der Waals surface area contributed by atoms with E-state index in [0.717, 1.165) is 11.6 Å². The highest BCUT2D eigenvalue weighted by molar-refractivity contribution is 5.81. The summed E-state index contributed by atoms with van der Waals surface area (Å²) in [4.78, 5) is 10.7. The number of carbonyl (C=O) groups is 1. The first-order valence-electron chi connectivity index (χ1n) is 4.44. The third-order valence-corrected chi connectivity index (χ3v) is 1.93. The first-order valence-corrected chi connectivity index (χ1v) is 4.44. The number of carbonyl (C=O) groups excluding carboxylic acids is 1. The fourth-order valence-electron chi connectivity index (χ4n) is 1.21. The van der Waals surface area contributed by atoms with E-state index in [0.29, 0.717) is 12.0 Å². The fraction of sp³-hybridized carbons (Fsp3) is 0.182. The van der Waals surface area contributed by atoms with E-state index < -0.39 is 11.9 Å². The van der Waals surface area contributed by atoms with Crippen molar-refractivity contribution in [1.29, 1.82) is 0 Å². The zero-order valence-electron chi connectivity index (χ0n) is 8.14. The Morgan fingerprint density at radius 2 is 2.27 bits per heavy atom. The molecule has 2 N–H and O–H groups in total. The Morgan fingerprint density at radius 3 is 2.87 bits per heavy atom. The number of rotatable bonds is 4. The summed E-state index contributed by atoms with van der Waals surface area (Å²) in [7, 11) is 0. The van der Waals surface area contributed by atoms with Crippen molar-refractivity contribution in [3.8, 4) is 0 Å². The van der Waals surface area contributed by atoms with Crippen molar-refractivity contribution >= 4 is 5.97 Å². The van der Waals surface area contributed by atoms with E-state index in [2.05, 4.69) is 6.58 Å². The van der Waals surface area contributed by atoms with Crippen molar-refractivity contribution in [2.24, 2.45) is 0 Å². The molecule has 0 aromatic rings. The van der Waals surface area contributed by atoms with Gasteiger partial charge < -0.3 is 14.9 Å². The maximum atomic E-state index is 10.7. The molecule has 4 heteroatoms. The second kappa shape index (κ2) is 5.05. The second-order valence-corrected chi connectivity index (χ2v) is 2.91. The first-order chi connectivity index (χ1) is 7.15. The van der Waals surface area contributed by atoms with Gasteiger partial charge in [-0.1, -0.05) is 18.7 Å². The molecule has 0 aromatic heterocycles. The topological polar surface area (TPSA) is 66.8 Å². The van der Waals surface area contributed by atoms with Crippen LogP contribution in [0.5, 0.6) is 0 Å². The first kappa shape index (κ1) is 11.1. The summed E-state index contributed by atoms with van der Waals surface area (Å²) in [5.41, 5.74) is 1.09. The molecule has 1 rings (SSSR count). The van der Waals surface area contributed by atoms with Crippen molar-refractivity contribution in [1.82, 2.24) is 0 Å². The Hall–Kier alpha value is -1.97. The van der Waals surface area contributed by atoms with Gasteiger partial charge in [-0.15, -0.1) is 0 Å². The van der Waals surface area contributed by atoms with Gasteiger partial charge in [-0.3, -0.25) is 0 Å². The minimum absolute atomic E-state index is 0.190. The van der Waals surface area contributed by atoms with Gasteiger partial charge in [0.05, 0.1) is 12.2 Å². The SMILES string of the molecule is C=CC(=O)OCCC1=CC=CC1=C(O)O. The third-order valence-electron chi connectivity index (χ3n) is 1.93. The van der Waals surface area contributed by atoms with Gasteiger partial charge in [-0.05, 0) is 11.6 Å².